The number of esters is 1. The third-order valence-corrected chi connectivity index (χ3v) is 15.3. The summed E-state index contributed by atoms with van der Waals surface area (Å²) in [6, 6.07) is -0.552. The van der Waals surface area contributed by atoms with E-state index in [9.17, 15) is 19.8 Å². The number of ether oxygens (including phenoxy) is 1. The average Bonchev–Trinajstić information content (AvgIpc) is 3.37. The Morgan fingerprint density at radius 1 is 0.380 bits per heavy atom. The van der Waals surface area contributed by atoms with Gasteiger partial charge in [0, 0.05) is 12.8 Å². The van der Waals surface area contributed by atoms with E-state index in [-0.39, 0.29) is 18.5 Å². The molecule has 0 aromatic carbocycles. The van der Waals surface area contributed by atoms with Crippen molar-refractivity contribution in [1.82, 2.24) is 5.32 Å². The molecule has 71 heavy (non-hydrogen) atoms. The number of hydrogen-bond acceptors (Lipinski definition) is 5. The van der Waals surface area contributed by atoms with Crippen molar-refractivity contribution in [3.63, 3.8) is 0 Å². The summed E-state index contributed by atoms with van der Waals surface area (Å²) in [4.78, 5) is 24.6. The van der Waals surface area contributed by atoms with Crippen molar-refractivity contribution >= 4 is 11.9 Å². The van der Waals surface area contributed by atoms with Crippen LogP contribution in [0.3, 0.4) is 0 Å². The number of amides is 1. The summed E-state index contributed by atoms with van der Waals surface area (Å²) in [6.07, 6.45) is 73.7. The Morgan fingerprint density at radius 3 is 1.00 bits per heavy atom. The van der Waals surface area contributed by atoms with Crippen molar-refractivity contribution in [2.24, 2.45) is 0 Å². The SMILES string of the molecule is CCCCCCCCCCCCCCCCCCCCCCCC(O)C(CO)NC(=O)CCCCCCC/C=C\CCCCCCCCCCCOC(=O)CCCCCCCCCCCCCCCCC. The molecule has 0 saturated carbocycles. The van der Waals surface area contributed by atoms with Gasteiger partial charge in [-0.15, -0.1) is 0 Å². The lowest BCUT2D eigenvalue weighted by Crippen LogP contribution is -2.45. The van der Waals surface area contributed by atoms with E-state index in [0.717, 1.165) is 51.4 Å². The lowest BCUT2D eigenvalue weighted by molar-refractivity contribution is -0.143. The molecule has 0 radical (unpaired) electrons. The molecule has 0 aliphatic carbocycles. The number of nitrogens with one attached hydrogen (secondary N) is 1. The summed E-state index contributed by atoms with van der Waals surface area (Å²) < 4.78 is 5.49. The molecule has 0 saturated heterocycles. The van der Waals surface area contributed by atoms with Crippen molar-refractivity contribution in [2.75, 3.05) is 13.2 Å². The number of aliphatic hydroxyl groups excluding tert-OH is 2. The van der Waals surface area contributed by atoms with Crippen LogP contribution in [0.1, 0.15) is 367 Å². The Morgan fingerprint density at radius 2 is 0.662 bits per heavy atom. The van der Waals surface area contributed by atoms with Gasteiger partial charge in [0.25, 0.3) is 0 Å². The van der Waals surface area contributed by atoms with Crippen LogP contribution in [0.15, 0.2) is 12.2 Å². The van der Waals surface area contributed by atoms with Gasteiger partial charge in [0.15, 0.2) is 0 Å². The van der Waals surface area contributed by atoms with Gasteiger partial charge in [-0.3, -0.25) is 9.59 Å². The number of allylic oxidation sites excluding steroid dienone is 2. The van der Waals surface area contributed by atoms with E-state index >= 15 is 0 Å². The minimum absolute atomic E-state index is 0.00697. The lowest BCUT2D eigenvalue weighted by atomic mass is 10.0. The van der Waals surface area contributed by atoms with Crippen LogP contribution in [-0.4, -0.2) is 47.4 Å². The van der Waals surface area contributed by atoms with Gasteiger partial charge in [0.2, 0.25) is 5.91 Å². The first-order valence-electron chi connectivity index (χ1n) is 32.4. The molecule has 422 valence electrons. The zero-order valence-electron chi connectivity index (χ0n) is 48.2. The Hall–Kier alpha value is -1.40. The smallest absolute Gasteiger partial charge is 0.305 e. The van der Waals surface area contributed by atoms with Crippen molar-refractivity contribution in [3.05, 3.63) is 12.2 Å². The van der Waals surface area contributed by atoms with E-state index in [4.69, 9.17) is 4.74 Å². The average molecular weight is 1000 g/mol. The fraction of sp³-hybridized carbons (Fsp3) is 0.938. The Kier molecular flexibility index (Phi) is 59.9. The Balaban J connectivity index is 3.43. The maximum atomic E-state index is 12.5. The van der Waals surface area contributed by atoms with Gasteiger partial charge < -0.3 is 20.3 Å². The third kappa shape index (κ3) is 57.7. The maximum absolute atomic E-state index is 12.5. The zero-order chi connectivity index (χ0) is 51.4. The summed E-state index contributed by atoms with van der Waals surface area (Å²) in [5.74, 6) is -0.0381. The van der Waals surface area contributed by atoms with E-state index in [0.29, 0.717) is 25.9 Å². The first-order valence-corrected chi connectivity index (χ1v) is 32.4. The zero-order valence-corrected chi connectivity index (χ0v) is 48.2. The number of aliphatic hydroxyl groups is 2. The van der Waals surface area contributed by atoms with Gasteiger partial charge in [-0.25, -0.2) is 0 Å². The third-order valence-electron chi connectivity index (χ3n) is 15.3. The van der Waals surface area contributed by atoms with Crippen LogP contribution in [0.2, 0.25) is 0 Å². The van der Waals surface area contributed by atoms with Crippen LogP contribution < -0.4 is 5.32 Å². The minimum atomic E-state index is -0.673. The Bertz CT molecular complexity index is 1060. The van der Waals surface area contributed by atoms with E-state index < -0.39 is 12.1 Å². The molecular weight excluding hydrogens is 875 g/mol. The normalized spacial score (nSPS) is 12.6. The molecular formula is C65H127NO5. The van der Waals surface area contributed by atoms with Crippen molar-refractivity contribution in [2.45, 2.75) is 379 Å². The standard InChI is InChI=1S/C65H127NO5/c1-3-5-7-9-11-13-15-17-19-20-21-22-23-26-30-33-37-41-45-49-53-57-63(68)62(61-67)66-64(69)58-54-50-46-42-38-34-31-27-24-25-28-32-36-40-44-48-52-56-60-71-65(70)59-55-51-47-43-39-35-29-18-16-14-12-10-8-6-4-2/h27,31,62-63,67-68H,3-26,28-30,32-61H2,1-2H3,(H,66,69)/b31-27-. The van der Waals surface area contributed by atoms with Crippen LogP contribution in [-0.2, 0) is 14.3 Å². The number of carbonyl (C=O) groups excluding carboxylic acids is 2. The highest BCUT2D eigenvalue weighted by Crippen LogP contribution is 2.18. The topological polar surface area (TPSA) is 95.9 Å². The van der Waals surface area contributed by atoms with Crippen molar-refractivity contribution in [1.29, 1.82) is 0 Å². The van der Waals surface area contributed by atoms with Gasteiger partial charge in [0.05, 0.1) is 25.4 Å². The molecule has 3 N–H and O–H groups in total. The van der Waals surface area contributed by atoms with Crippen molar-refractivity contribution < 1.29 is 24.5 Å². The number of unbranched alkanes of at least 4 members (excludes halogenated alkanes) is 48. The molecule has 0 spiro atoms. The van der Waals surface area contributed by atoms with Crippen LogP contribution in [0.25, 0.3) is 0 Å². The molecule has 1 amide bonds. The predicted molar refractivity (Wildman–Crippen MR) is 310 cm³/mol. The lowest BCUT2D eigenvalue weighted by Gasteiger charge is -2.22. The second-order valence-corrected chi connectivity index (χ2v) is 22.5. The quantitative estimate of drug-likeness (QED) is 0.0320. The highest BCUT2D eigenvalue weighted by molar-refractivity contribution is 5.76. The fourth-order valence-corrected chi connectivity index (χ4v) is 10.3. The molecule has 0 bridgehead atoms. The largest absolute Gasteiger partial charge is 0.466 e. The number of carbonyl (C=O) groups is 2. The van der Waals surface area contributed by atoms with E-state index in [2.05, 4.69) is 31.3 Å². The van der Waals surface area contributed by atoms with E-state index in [1.807, 2.05) is 0 Å². The fourth-order valence-electron chi connectivity index (χ4n) is 10.3. The molecule has 0 aromatic rings. The van der Waals surface area contributed by atoms with Crippen LogP contribution >= 0.6 is 0 Å². The number of rotatable bonds is 61. The van der Waals surface area contributed by atoms with Gasteiger partial charge in [0.1, 0.15) is 0 Å². The van der Waals surface area contributed by atoms with Crippen LogP contribution in [0.5, 0.6) is 0 Å². The summed E-state index contributed by atoms with van der Waals surface area (Å²) in [6.45, 7) is 4.98. The summed E-state index contributed by atoms with van der Waals surface area (Å²) in [5, 5.41) is 23.4. The monoisotopic (exact) mass is 1000 g/mol. The Labute approximate surface area is 444 Å². The molecule has 6 heteroatoms. The van der Waals surface area contributed by atoms with Gasteiger partial charge in [-0.05, 0) is 51.4 Å². The van der Waals surface area contributed by atoms with Crippen LogP contribution in [0, 0.1) is 0 Å². The summed E-state index contributed by atoms with van der Waals surface area (Å²) >= 11 is 0. The molecule has 2 unspecified atom stereocenters. The molecule has 2 atom stereocenters. The van der Waals surface area contributed by atoms with Crippen molar-refractivity contribution in [3.8, 4) is 0 Å². The first kappa shape index (κ1) is 69.6. The molecule has 0 rings (SSSR count). The van der Waals surface area contributed by atoms with E-state index in [1.165, 1.54) is 283 Å². The highest BCUT2D eigenvalue weighted by atomic mass is 16.5. The van der Waals surface area contributed by atoms with Gasteiger partial charge in [-0.1, -0.05) is 315 Å². The minimum Gasteiger partial charge on any atom is -0.466 e. The first-order chi connectivity index (χ1) is 35.0. The molecule has 0 aliphatic rings. The maximum Gasteiger partial charge on any atom is 0.305 e. The summed E-state index contributed by atoms with van der Waals surface area (Å²) in [7, 11) is 0. The van der Waals surface area contributed by atoms with Gasteiger partial charge >= 0.3 is 5.97 Å². The van der Waals surface area contributed by atoms with Crippen LogP contribution in [0.4, 0.5) is 0 Å². The molecule has 6 nitrogen and oxygen atoms in total. The second kappa shape index (κ2) is 61.1. The second-order valence-electron chi connectivity index (χ2n) is 22.5. The van der Waals surface area contributed by atoms with E-state index in [1.54, 1.807) is 0 Å². The summed E-state index contributed by atoms with van der Waals surface area (Å²) in [5.41, 5.74) is 0. The molecule has 0 aromatic heterocycles. The molecule has 0 heterocycles. The molecule has 0 fully saturated rings. The number of hydrogen-bond donors (Lipinski definition) is 3. The molecule has 0 aliphatic heterocycles. The highest BCUT2D eigenvalue weighted by Gasteiger charge is 2.20. The van der Waals surface area contributed by atoms with Gasteiger partial charge in [-0.2, -0.15) is 0 Å². The predicted octanol–water partition coefficient (Wildman–Crippen LogP) is 20.4.